The number of rotatable bonds is 3. The van der Waals surface area contributed by atoms with Crippen LogP contribution in [-0.2, 0) is 6.54 Å². The van der Waals surface area contributed by atoms with Crippen molar-refractivity contribution in [3.63, 3.8) is 0 Å². The molecule has 1 saturated heterocycles. The molecule has 4 nitrogen and oxygen atoms in total. The minimum Gasteiger partial charge on any atom is -0.317 e. The SMILES string of the molecule is CC(C)Cn1cnnc1C1CNC1. The maximum Gasteiger partial charge on any atom is 0.138 e. The second-order valence-electron chi connectivity index (χ2n) is 4.09. The third kappa shape index (κ3) is 1.72. The van der Waals surface area contributed by atoms with E-state index in [9.17, 15) is 0 Å². The first kappa shape index (κ1) is 8.69. The first-order chi connectivity index (χ1) is 6.27. The van der Waals surface area contributed by atoms with Crippen molar-refractivity contribution in [1.29, 1.82) is 0 Å². The Labute approximate surface area is 78.4 Å². The summed E-state index contributed by atoms with van der Waals surface area (Å²) in [5, 5.41) is 11.4. The van der Waals surface area contributed by atoms with E-state index in [1.807, 2.05) is 6.33 Å². The molecule has 0 amide bonds. The van der Waals surface area contributed by atoms with Gasteiger partial charge in [-0.25, -0.2) is 0 Å². The van der Waals surface area contributed by atoms with Gasteiger partial charge in [0.15, 0.2) is 0 Å². The first-order valence-corrected chi connectivity index (χ1v) is 4.86. The zero-order chi connectivity index (χ0) is 9.26. The van der Waals surface area contributed by atoms with Crippen LogP contribution in [0.4, 0.5) is 0 Å². The highest BCUT2D eigenvalue weighted by Gasteiger charge is 2.23. The van der Waals surface area contributed by atoms with Crippen molar-refractivity contribution >= 4 is 0 Å². The molecule has 1 aromatic rings. The zero-order valence-electron chi connectivity index (χ0n) is 8.20. The van der Waals surface area contributed by atoms with Crippen LogP contribution in [-0.4, -0.2) is 27.9 Å². The first-order valence-electron chi connectivity index (χ1n) is 4.86. The standard InChI is InChI=1S/C9H16N4/c1-7(2)5-13-6-11-12-9(13)8-3-10-4-8/h6-8,10H,3-5H2,1-2H3. The van der Waals surface area contributed by atoms with Gasteiger partial charge in [0.25, 0.3) is 0 Å². The van der Waals surface area contributed by atoms with Crippen molar-refractivity contribution in [3.05, 3.63) is 12.2 Å². The van der Waals surface area contributed by atoms with Gasteiger partial charge in [-0.1, -0.05) is 13.8 Å². The lowest BCUT2D eigenvalue weighted by molar-refractivity contribution is 0.400. The van der Waals surface area contributed by atoms with Crippen LogP contribution in [0.3, 0.4) is 0 Å². The van der Waals surface area contributed by atoms with E-state index in [4.69, 9.17) is 0 Å². The largest absolute Gasteiger partial charge is 0.317 e. The summed E-state index contributed by atoms with van der Waals surface area (Å²) < 4.78 is 2.18. The highest BCUT2D eigenvalue weighted by molar-refractivity contribution is 5.03. The average Bonchev–Trinajstić information content (AvgIpc) is 2.32. The van der Waals surface area contributed by atoms with Crippen molar-refractivity contribution < 1.29 is 0 Å². The van der Waals surface area contributed by atoms with E-state index in [1.165, 1.54) is 0 Å². The van der Waals surface area contributed by atoms with Crippen molar-refractivity contribution in [2.24, 2.45) is 5.92 Å². The fourth-order valence-corrected chi connectivity index (χ4v) is 1.59. The van der Waals surface area contributed by atoms with E-state index in [2.05, 4.69) is 33.9 Å². The van der Waals surface area contributed by atoms with Gasteiger partial charge < -0.3 is 9.88 Å². The molecule has 0 bridgehead atoms. The minimum absolute atomic E-state index is 0.584. The highest BCUT2D eigenvalue weighted by atomic mass is 15.3. The van der Waals surface area contributed by atoms with E-state index >= 15 is 0 Å². The van der Waals surface area contributed by atoms with Crippen LogP contribution >= 0.6 is 0 Å². The van der Waals surface area contributed by atoms with E-state index in [-0.39, 0.29) is 0 Å². The quantitative estimate of drug-likeness (QED) is 0.741. The molecule has 0 radical (unpaired) electrons. The second-order valence-corrected chi connectivity index (χ2v) is 4.09. The van der Waals surface area contributed by atoms with Crippen molar-refractivity contribution in [3.8, 4) is 0 Å². The normalized spacial score (nSPS) is 17.8. The summed E-state index contributed by atoms with van der Waals surface area (Å²) in [6, 6.07) is 0. The Morgan fingerprint density at radius 1 is 1.62 bits per heavy atom. The monoisotopic (exact) mass is 180 g/mol. The highest BCUT2D eigenvalue weighted by Crippen LogP contribution is 2.17. The van der Waals surface area contributed by atoms with Crippen LogP contribution in [0.25, 0.3) is 0 Å². The number of nitrogens with zero attached hydrogens (tertiary/aromatic N) is 3. The maximum absolute atomic E-state index is 4.16. The van der Waals surface area contributed by atoms with Crippen molar-refractivity contribution in [2.45, 2.75) is 26.3 Å². The molecule has 13 heavy (non-hydrogen) atoms. The van der Waals surface area contributed by atoms with Gasteiger partial charge in [0.05, 0.1) is 0 Å². The van der Waals surface area contributed by atoms with E-state index in [0.717, 1.165) is 25.5 Å². The molecular weight excluding hydrogens is 164 g/mol. The summed E-state index contributed by atoms with van der Waals surface area (Å²) in [7, 11) is 0. The molecule has 1 aromatic heterocycles. The Hall–Kier alpha value is -0.900. The maximum atomic E-state index is 4.16. The number of hydrogen-bond donors (Lipinski definition) is 1. The molecule has 0 aromatic carbocycles. The van der Waals surface area contributed by atoms with E-state index < -0.39 is 0 Å². The molecule has 0 aliphatic carbocycles. The van der Waals surface area contributed by atoms with Crippen LogP contribution in [0.1, 0.15) is 25.6 Å². The van der Waals surface area contributed by atoms with Crippen LogP contribution < -0.4 is 5.32 Å². The number of hydrogen-bond acceptors (Lipinski definition) is 3. The molecule has 1 N–H and O–H groups in total. The van der Waals surface area contributed by atoms with Gasteiger partial charge in [0, 0.05) is 25.6 Å². The molecule has 72 valence electrons. The molecule has 0 spiro atoms. The lowest BCUT2D eigenvalue weighted by Gasteiger charge is -2.26. The van der Waals surface area contributed by atoms with Crippen LogP contribution in [0, 0.1) is 5.92 Å². The van der Waals surface area contributed by atoms with E-state index in [0.29, 0.717) is 11.8 Å². The van der Waals surface area contributed by atoms with Gasteiger partial charge in [0.2, 0.25) is 0 Å². The Morgan fingerprint density at radius 2 is 2.38 bits per heavy atom. The summed E-state index contributed by atoms with van der Waals surface area (Å²) in [6.45, 7) is 7.55. The molecule has 1 fully saturated rings. The van der Waals surface area contributed by atoms with Crippen LogP contribution in [0.2, 0.25) is 0 Å². The van der Waals surface area contributed by atoms with Crippen LogP contribution in [0.5, 0.6) is 0 Å². The Balaban J connectivity index is 2.10. The molecule has 1 aliphatic rings. The predicted octanol–water partition coefficient (Wildman–Crippen LogP) is 0.621. The molecule has 2 heterocycles. The Bertz CT molecular complexity index is 275. The smallest absolute Gasteiger partial charge is 0.138 e. The van der Waals surface area contributed by atoms with Gasteiger partial charge in [-0.15, -0.1) is 10.2 Å². The van der Waals surface area contributed by atoms with Gasteiger partial charge in [0.1, 0.15) is 12.2 Å². The third-order valence-corrected chi connectivity index (χ3v) is 2.35. The van der Waals surface area contributed by atoms with Crippen molar-refractivity contribution in [1.82, 2.24) is 20.1 Å². The lowest BCUT2D eigenvalue weighted by atomic mass is 10.0. The second kappa shape index (κ2) is 3.46. The Morgan fingerprint density at radius 3 is 2.92 bits per heavy atom. The molecule has 4 heteroatoms. The predicted molar refractivity (Wildman–Crippen MR) is 50.5 cm³/mol. The molecular formula is C9H16N4. The lowest BCUT2D eigenvalue weighted by Crippen LogP contribution is -2.41. The zero-order valence-corrected chi connectivity index (χ0v) is 8.20. The van der Waals surface area contributed by atoms with Gasteiger partial charge in [-0.05, 0) is 5.92 Å². The summed E-state index contributed by atoms with van der Waals surface area (Å²) >= 11 is 0. The Kier molecular flexibility index (Phi) is 2.31. The van der Waals surface area contributed by atoms with E-state index in [1.54, 1.807) is 0 Å². The molecule has 2 rings (SSSR count). The molecule has 0 atom stereocenters. The summed E-state index contributed by atoms with van der Waals surface area (Å²) in [5.74, 6) is 2.39. The topological polar surface area (TPSA) is 42.7 Å². The summed E-state index contributed by atoms with van der Waals surface area (Å²) in [5.41, 5.74) is 0. The fraction of sp³-hybridized carbons (Fsp3) is 0.778. The van der Waals surface area contributed by atoms with Crippen molar-refractivity contribution in [2.75, 3.05) is 13.1 Å². The molecule has 0 saturated carbocycles. The van der Waals surface area contributed by atoms with Gasteiger partial charge >= 0.3 is 0 Å². The van der Waals surface area contributed by atoms with Gasteiger partial charge in [-0.2, -0.15) is 0 Å². The fourth-order valence-electron chi connectivity index (χ4n) is 1.59. The average molecular weight is 180 g/mol. The number of nitrogens with one attached hydrogen (secondary N) is 1. The molecule has 0 unspecified atom stereocenters. The summed E-state index contributed by atoms with van der Waals surface area (Å²) in [4.78, 5) is 0. The molecule has 1 aliphatic heterocycles. The van der Waals surface area contributed by atoms with Gasteiger partial charge in [-0.3, -0.25) is 0 Å². The number of aromatic nitrogens is 3. The third-order valence-electron chi connectivity index (χ3n) is 2.35. The minimum atomic E-state index is 0.584. The van der Waals surface area contributed by atoms with Crippen LogP contribution in [0.15, 0.2) is 6.33 Å². The summed E-state index contributed by atoms with van der Waals surface area (Å²) in [6.07, 6.45) is 1.84.